The molecule has 3 N–H and O–H groups in total. The molecule has 2 aromatic rings. The quantitative estimate of drug-likeness (QED) is 0.791. The Morgan fingerprint density at radius 1 is 1.53 bits per heavy atom. The summed E-state index contributed by atoms with van der Waals surface area (Å²) in [6, 6.07) is 3.90. The van der Waals surface area contributed by atoms with Crippen LogP contribution in [0.25, 0.3) is 5.65 Å². The van der Waals surface area contributed by atoms with Gasteiger partial charge in [0.05, 0.1) is 0 Å². The number of aryl methyl sites for hydroxylation is 1. The van der Waals surface area contributed by atoms with Crippen molar-refractivity contribution in [3.8, 4) is 0 Å². The van der Waals surface area contributed by atoms with Gasteiger partial charge in [0, 0.05) is 13.1 Å². The van der Waals surface area contributed by atoms with Gasteiger partial charge in [-0.1, -0.05) is 0 Å². The molecule has 7 nitrogen and oxygen atoms in total. The third kappa shape index (κ3) is 1.82. The largest absolute Gasteiger partial charge is 0.480 e. The summed E-state index contributed by atoms with van der Waals surface area (Å²) in [6.07, 6.45) is 1.91. The average Bonchev–Trinajstić information content (AvgIpc) is 2.95. The molecule has 1 aliphatic rings. The average molecular weight is 261 g/mol. The zero-order valence-electron chi connectivity index (χ0n) is 10.6. The van der Waals surface area contributed by atoms with Crippen LogP contribution in [0, 0.1) is 6.92 Å². The molecule has 1 unspecified atom stereocenters. The van der Waals surface area contributed by atoms with Crippen molar-refractivity contribution in [3.63, 3.8) is 0 Å². The number of fused-ring (bicyclic) bond motifs is 1. The number of nitrogens with zero attached hydrogens (tertiary/aromatic N) is 4. The van der Waals surface area contributed by atoms with Crippen molar-refractivity contribution in [3.05, 3.63) is 24.0 Å². The Labute approximate surface area is 109 Å². The van der Waals surface area contributed by atoms with Crippen molar-refractivity contribution in [2.45, 2.75) is 18.9 Å². The highest BCUT2D eigenvalue weighted by Gasteiger charge is 2.42. The molecule has 0 amide bonds. The number of anilines is 1. The molecule has 1 saturated heterocycles. The molecule has 3 heterocycles. The third-order valence-electron chi connectivity index (χ3n) is 3.56. The van der Waals surface area contributed by atoms with E-state index in [4.69, 9.17) is 5.73 Å². The van der Waals surface area contributed by atoms with Crippen molar-refractivity contribution >= 4 is 17.4 Å². The van der Waals surface area contributed by atoms with E-state index in [0.717, 1.165) is 17.0 Å². The molecule has 1 fully saturated rings. The molecule has 2 aromatic heterocycles. The van der Waals surface area contributed by atoms with Gasteiger partial charge in [-0.25, -0.2) is 4.98 Å². The SMILES string of the molecule is Cc1cc(N2CCC(N)(C(=O)O)C2)n2ncnc2c1. The van der Waals surface area contributed by atoms with Crippen LogP contribution >= 0.6 is 0 Å². The minimum absolute atomic E-state index is 0.279. The van der Waals surface area contributed by atoms with Gasteiger partial charge in [-0.05, 0) is 31.0 Å². The number of nitrogens with two attached hydrogens (primary N) is 1. The standard InChI is InChI=1S/C12H15N5O2/c1-8-4-9-14-7-15-17(9)10(5-8)16-3-2-12(13,6-16)11(18)19/h4-5,7H,2-3,6,13H2,1H3,(H,18,19). The van der Waals surface area contributed by atoms with E-state index in [1.807, 2.05) is 24.0 Å². The van der Waals surface area contributed by atoms with Gasteiger partial charge < -0.3 is 15.7 Å². The van der Waals surface area contributed by atoms with E-state index >= 15 is 0 Å². The summed E-state index contributed by atoms with van der Waals surface area (Å²) >= 11 is 0. The topological polar surface area (TPSA) is 96.8 Å². The summed E-state index contributed by atoms with van der Waals surface area (Å²) in [5.74, 6) is -0.126. The molecule has 100 valence electrons. The van der Waals surface area contributed by atoms with Crippen LogP contribution in [-0.4, -0.2) is 44.3 Å². The number of aliphatic carboxylic acids is 1. The number of hydrogen-bond donors (Lipinski definition) is 2. The van der Waals surface area contributed by atoms with Crippen molar-refractivity contribution in [2.24, 2.45) is 5.73 Å². The molecule has 0 spiro atoms. The van der Waals surface area contributed by atoms with Crippen LogP contribution in [0.15, 0.2) is 18.5 Å². The highest BCUT2D eigenvalue weighted by Crippen LogP contribution is 2.26. The second-order valence-corrected chi connectivity index (χ2v) is 5.05. The molecule has 0 aliphatic carbocycles. The molecule has 0 bridgehead atoms. The Hall–Kier alpha value is -2.15. The van der Waals surface area contributed by atoms with Gasteiger partial charge in [0.25, 0.3) is 0 Å². The van der Waals surface area contributed by atoms with E-state index in [1.165, 1.54) is 6.33 Å². The van der Waals surface area contributed by atoms with Gasteiger partial charge in [0.2, 0.25) is 0 Å². The van der Waals surface area contributed by atoms with Gasteiger partial charge in [0.1, 0.15) is 17.7 Å². The summed E-state index contributed by atoms with van der Waals surface area (Å²) in [6.45, 7) is 2.85. The summed E-state index contributed by atoms with van der Waals surface area (Å²) in [5.41, 5.74) is 6.52. The molecule has 0 aromatic carbocycles. The number of hydrogen-bond acceptors (Lipinski definition) is 5. The van der Waals surface area contributed by atoms with Gasteiger partial charge in [0.15, 0.2) is 5.65 Å². The van der Waals surface area contributed by atoms with Crippen LogP contribution in [0.4, 0.5) is 5.82 Å². The van der Waals surface area contributed by atoms with Crippen LogP contribution in [-0.2, 0) is 4.79 Å². The maximum atomic E-state index is 11.2. The molecule has 7 heteroatoms. The van der Waals surface area contributed by atoms with E-state index in [0.29, 0.717) is 13.0 Å². The molecular weight excluding hydrogens is 246 g/mol. The monoisotopic (exact) mass is 261 g/mol. The van der Waals surface area contributed by atoms with Crippen LogP contribution in [0.1, 0.15) is 12.0 Å². The first-order chi connectivity index (χ1) is 8.99. The van der Waals surface area contributed by atoms with E-state index in [2.05, 4.69) is 10.1 Å². The number of aromatic nitrogens is 3. The summed E-state index contributed by atoms with van der Waals surface area (Å²) in [7, 11) is 0. The number of rotatable bonds is 2. The maximum Gasteiger partial charge on any atom is 0.325 e. The first kappa shape index (κ1) is 11.9. The van der Waals surface area contributed by atoms with Crippen molar-refractivity contribution < 1.29 is 9.90 Å². The maximum absolute atomic E-state index is 11.2. The third-order valence-corrected chi connectivity index (χ3v) is 3.56. The zero-order valence-corrected chi connectivity index (χ0v) is 10.6. The number of pyridine rings is 1. The lowest BCUT2D eigenvalue weighted by molar-refractivity contribution is -0.142. The Balaban J connectivity index is 2.02. The van der Waals surface area contributed by atoms with Crippen LogP contribution in [0.5, 0.6) is 0 Å². The molecule has 1 aliphatic heterocycles. The predicted molar refractivity (Wildman–Crippen MR) is 69.1 cm³/mol. The number of carbonyl (C=O) groups is 1. The van der Waals surface area contributed by atoms with Crippen molar-refractivity contribution in [1.29, 1.82) is 0 Å². The predicted octanol–water partition coefficient (Wildman–Crippen LogP) is 0.0299. The lowest BCUT2D eigenvalue weighted by Crippen LogP contribution is -2.50. The van der Waals surface area contributed by atoms with E-state index < -0.39 is 11.5 Å². The normalized spacial score (nSPS) is 23.2. The lowest BCUT2D eigenvalue weighted by atomic mass is 10.0. The minimum atomic E-state index is -1.18. The minimum Gasteiger partial charge on any atom is -0.480 e. The van der Waals surface area contributed by atoms with Gasteiger partial charge in [-0.3, -0.25) is 4.79 Å². The van der Waals surface area contributed by atoms with Gasteiger partial charge in [-0.15, -0.1) is 0 Å². The summed E-state index contributed by atoms with van der Waals surface area (Å²) in [4.78, 5) is 17.3. The van der Waals surface area contributed by atoms with Gasteiger partial charge in [-0.2, -0.15) is 9.61 Å². The Bertz CT molecular complexity index is 653. The smallest absolute Gasteiger partial charge is 0.325 e. The molecular formula is C12H15N5O2. The molecule has 0 saturated carbocycles. The van der Waals surface area contributed by atoms with E-state index in [1.54, 1.807) is 4.52 Å². The lowest BCUT2D eigenvalue weighted by Gasteiger charge is -2.22. The molecule has 0 radical (unpaired) electrons. The zero-order chi connectivity index (χ0) is 13.6. The van der Waals surface area contributed by atoms with Crippen LogP contribution < -0.4 is 10.6 Å². The van der Waals surface area contributed by atoms with Crippen LogP contribution in [0.2, 0.25) is 0 Å². The molecule has 19 heavy (non-hydrogen) atoms. The fraction of sp³-hybridized carbons (Fsp3) is 0.417. The second-order valence-electron chi connectivity index (χ2n) is 5.05. The fourth-order valence-corrected chi connectivity index (χ4v) is 2.46. The Kier molecular flexibility index (Phi) is 2.46. The Morgan fingerprint density at radius 2 is 2.32 bits per heavy atom. The summed E-state index contributed by atoms with van der Waals surface area (Å²) < 4.78 is 1.71. The highest BCUT2D eigenvalue weighted by atomic mass is 16.4. The van der Waals surface area contributed by atoms with Crippen molar-refractivity contribution in [1.82, 2.24) is 14.6 Å². The molecule has 1 atom stereocenters. The molecule has 3 rings (SSSR count). The van der Waals surface area contributed by atoms with Crippen molar-refractivity contribution in [2.75, 3.05) is 18.0 Å². The summed E-state index contributed by atoms with van der Waals surface area (Å²) in [5, 5.41) is 13.4. The first-order valence-corrected chi connectivity index (χ1v) is 6.07. The second kappa shape index (κ2) is 3.92. The number of carboxylic acids is 1. The highest BCUT2D eigenvalue weighted by molar-refractivity contribution is 5.80. The van der Waals surface area contributed by atoms with Gasteiger partial charge >= 0.3 is 5.97 Å². The fourth-order valence-electron chi connectivity index (χ4n) is 2.46. The Morgan fingerprint density at radius 3 is 3.00 bits per heavy atom. The van der Waals surface area contributed by atoms with E-state index in [-0.39, 0.29) is 6.54 Å². The number of carboxylic acid groups (broad SMARTS) is 1. The van der Waals surface area contributed by atoms with E-state index in [9.17, 15) is 9.90 Å². The first-order valence-electron chi connectivity index (χ1n) is 6.07. The van der Waals surface area contributed by atoms with Crippen LogP contribution in [0.3, 0.4) is 0 Å².